The van der Waals surface area contributed by atoms with Crippen LogP contribution in [0.2, 0.25) is 0 Å². The fourth-order valence-electron chi connectivity index (χ4n) is 3.45. The summed E-state index contributed by atoms with van der Waals surface area (Å²) in [7, 11) is 1.89. The Balaban J connectivity index is 0.00000280. The van der Waals surface area contributed by atoms with Gasteiger partial charge in [0.2, 0.25) is 5.91 Å². The van der Waals surface area contributed by atoms with Gasteiger partial charge in [-0.25, -0.2) is 4.98 Å². The summed E-state index contributed by atoms with van der Waals surface area (Å²) in [5.74, 6) is 0.476. The number of amides is 1. The van der Waals surface area contributed by atoms with E-state index in [1.165, 1.54) is 12.1 Å². The molecular weight excluding hydrogens is 393 g/mol. The van der Waals surface area contributed by atoms with Crippen LogP contribution in [0.5, 0.6) is 0 Å². The predicted octanol–water partition coefficient (Wildman–Crippen LogP) is 3.21. The summed E-state index contributed by atoms with van der Waals surface area (Å²) in [5.41, 5.74) is 0.0368. The number of aryl methyl sites for hydroxylation is 1. The normalized spacial score (nSPS) is 18.5. The molecule has 0 spiro atoms. The number of piperazine rings is 1. The fourth-order valence-corrected chi connectivity index (χ4v) is 3.45. The highest BCUT2D eigenvalue weighted by Crippen LogP contribution is 2.30. The summed E-state index contributed by atoms with van der Waals surface area (Å²) in [4.78, 5) is 19.2. The van der Waals surface area contributed by atoms with Gasteiger partial charge in [0.25, 0.3) is 0 Å². The molecular formula is C19H24ClF3N4O. The van der Waals surface area contributed by atoms with E-state index in [2.05, 4.69) is 10.3 Å². The Morgan fingerprint density at radius 1 is 1.32 bits per heavy atom. The van der Waals surface area contributed by atoms with E-state index in [9.17, 15) is 18.0 Å². The number of rotatable bonds is 4. The molecule has 2 aromatic rings. The SMILES string of the molecule is CC(Cc1ccc(C(F)(F)F)cc1)C(=O)N1CCNCC1c1nccn1C.Cl. The van der Waals surface area contributed by atoms with Gasteiger partial charge in [-0.1, -0.05) is 19.1 Å². The van der Waals surface area contributed by atoms with Crippen LogP contribution in [0.15, 0.2) is 36.7 Å². The minimum atomic E-state index is -4.35. The van der Waals surface area contributed by atoms with Gasteiger partial charge in [-0.05, 0) is 24.1 Å². The zero-order valence-corrected chi connectivity index (χ0v) is 16.6. The van der Waals surface area contributed by atoms with Gasteiger partial charge in [-0.3, -0.25) is 4.79 Å². The summed E-state index contributed by atoms with van der Waals surface area (Å²) < 4.78 is 40.0. The molecule has 1 N–H and O–H groups in total. The van der Waals surface area contributed by atoms with Crippen molar-refractivity contribution in [2.75, 3.05) is 19.6 Å². The number of halogens is 4. The number of nitrogens with one attached hydrogen (secondary N) is 1. The van der Waals surface area contributed by atoms with Gasteiger partial charge in [0.1, 0.15) is 11.9 Å². The van der Waals surface area contributed by atoms with Crippen LogP contribution < -0.4 is 5.32 Å². The van der Waals surface area contributed by atoms with Crippen LogP contribution >= 0.6 is 12.4 Å². The lowest BCUT2D eigenvalue weighted by Crippen LogP contribution is -2.51. The third-order valence-electron chi connectivity index (χ3n) is 4.93. The lowest BCUT2D eigenvalue weighted by molar-refractivity contribution is -0.139. The second-order valence-corrected chi connectivity index (χ2v) is 6.95. The van der Waals surface area contributed by atoms with Crippen LogP contribution in [-0.2, 0) is 24.4 Å². The van der Waals surface area contributed by atoms with E-state index in [0.717, 1.165) is 18.0 Å². The van der Waals surface area contributed by atoms with Crippen molar-refractivity contribution in [1.82, 2.24) is 19.8 Å². The number of alkyl halides is 3. The molecule has 28 heavy (non-hydrogen) atoms. The summed E-state index contributed by atoms with van der Waals surface area (Å²) in [6.07, 6.45) is -0.402. The first-order valence-electron chi connectivity index (χ1n) is 8.92. The average molecular weight is 417 g/mol. The molecule has 1 amide bonds. The van der Waals surface area contributed by atoms with Crippen LogP contribution in [0.3, 0.4) is 0 Å². The highest BCUT2D eigenvalue weighted by Gasteiger charge is 2.33. The van der Waals surface area contributed by atoms with Crippen molar-refractivity contribution in [3.05, 3.63) is 53.6 Å². The molecule has 1 aliphatic rings. The van der Waals surface area contributed by atoms with Crippen LogP contribution in [0, 0.1) is 5.92 Å². The van der Waals surface area contributed by atoms with E-state index in [4.69, 9.17) is 0 Å². The second-order valence-electron chi connectivity index (χ2n) is 6.95. The Morgan fingerprint density at radius 3 is 2.57 bits per heavy atom. The van der Waals surface area contributed by atoms with Crippen LogP contribution in [0.4, 0.5) is 13.2 Å². The van der Waals surface area contributed by atoms with Gasteiger partial charge in [0.05, 0.1) is 5.56 Å². The lowest BCUT2D eigenvalue weighted by Gasteiger charge is -2.37. The minimum absolute atomic E-state index is 0. The quantitative estimate of drug-likeness (QED) is 0.832. The van der Waals surface area contributed by atoms with Crippen molar-refractivity contribution >= 4 is 18.3 Å². The summed E-state index contributed by atoms with van der Waals surface area (Å²) in [6.45, 7) is 3.73. The molecule has 9 heteroatoms. The molecule has 1 saturated heterocycles. The summed E-state index contributed by atoms with van der Waals surface area (Å²) in [6, 6.07) is 4.87. The van der Waals surface area contributed by atoms with Gasteiger partial charge >= 0.3 is 6.18 Å². The van der Waals surface area contributed by atoms with E-state index < -0.39 is 11.7 Å². The van der Waals surface area contributed by atoms with Crippen LogP contribution in [0.25, 0.3) is 0 Å². The largest absolute Gasteiger partial charge is 0.416 e. The van der Waals surface area contributed by atoms with Gasteiger partial charge in [0, 0.05) is 45.0 Å². The van der Waals surface area contributed by atoms with Crippen molar-refractivity contribution in [2.45, 2.75) is 25.6 Å². The van der Waals surface area contributed by atoms with Crippen molar-refractivity contribution in [3.8, 4) is 0 Å². The number of hydrogen-bond acceptors (Lipinski definition) is 3. The van der Waals surface area contributed by atoms with Gasteiger partial charge < -0.3 is 14.8 Å². The van der Waals surface area contributed by atoms with Crippen molar-refractivity contribution in [2.24, 2.45) is 13.0 Å². The maximum Gasteiger partial charge on any atom is 0.416 e. The number of nitrogens with zero attached hydrogens (tertiary/aromatic N) is 3. The average Bonchev–Trinajstić information content (AvgIpc) is 3.06. The molecule has 2 unspecified atom stereocenters. The number of imidazole rings is 1. The standard InChI is InChI=1S/C19H23F3N4O.ClH/c1-13(11-14-3-5-15(6-4-14)19(20,21)22)18(27)26-10-7-23-12-16(26)17-24-8-9-25(17)2;/h3-6,8-9,13,16,23H,7,10-12H2,1-2H3;1H. The number of aromatic nitrogens is 2. The highest BCUT2D eigenvalue weighted by molar-refractivity contribution is 5.85. The fraction of sp³-hybridized carbons (Fsp3) is 0.474. The Morgan fingerprint density at radius 2 is 2.00 bits per heavy atom. The number of hydrogen-bond donors (Lipinski definition) is 1. The minimum Gasteiger partial charge on any atom is -0.336 e. The van der Waals surface area contributed by atoms with E-state index in [1.54, 1.807) is 6.20 Å². The van der Waals surface area contributed by atoms with Gasteiger partial charge in [0.15, 0.2) is 0 Å². The van der Waals surface area contributed by atoms with E-state index in [-0.39, 0.29) is 30.3 Å². The molecule has 1 fully saturated rings. The second kappa shape index (κ2) is 8.96. The molecule has 0 aliphatic carbocycles. The van der Waals surface area contributed by atoms with E-state index in [0.29, 0.717) is 31.6 Å². The van der Waals surface area contributed by atoms with Crippen LogP contribution in [-0.4, -0.2) is 40.0 Å². The maximum absolute atomic E-state index is 13.0. The lowest BCUT2D eigenvalue weighted by atomic mass is 9.97. The van der Waals surface area contributed by atoms with Crippen molar-refractivity contribution in [3.63, 3.8) is 0 Å². The molecule has 1 aliphatic heterocycles. The summed E-state index contributed by atoms with van der Waals surface area (Å²) >= 11 is 0. The monoisotopic (exact) mass is 416 g/mol. The first kappa shape index (κ1) is 22.2. The third-order valence-corrected chi connectivity index (χ3v) is 4.93. The van der Waals surface area contributed by atoms with Gasteiger partial charge in [-0.15, -0.1) is 12.4 Å². The number of benzene rings is 1. The Kier molecular flexibility index (Phi) is 7.11. The maximum atomic E-state index is 13.0. The molecule has 2 heterocycles. The molecule has 0 saturated carbocycles. The Labute approximate surface area is 168 Å². The van der Waals surface area contributed by atoms with E-state index in [1.807, 2.05) is 29.6 Å². The Bertz CT molecular complexity index is 791. The third kappa shape index (κ3) is 4.86. The number of carbonyl (C=O) groups excluding carboxylic acids is 1. The zero-order valence-electron chi connectivity index (χ0n) is 15.7. The van der Waals surface area contributed by atoms with Crippen LogP contribution in [0.1, 0.15) is 29.9 Å². The highest BCUT2D eigenvalue weighted by atomic mass is 35.5. The molecule has 154 valence electrons. The smallest absolute Gasteiger partial charge is 0.336 e. The molecule has 0 bridgehead atoms. The van der Waals surface area contributed by atoms with Gasteiger partial charge in [-0.2, -0.15) is 13.2 Å². The molecule has 3 rings (SSSR count). The molecule has 5 nitrogen and oxygen atoms in total. The topological polar surface area (TPSA) is 50.2 Å². The number of carbonyl (C=O) groups is 1. The first-order chi connectivity index (χ1) is 12.8. The predicted molar refractivity (Wildman–Crippen MR) is 102 cm³/mol. The van der Waals surface area contributed by atoms with Crippen molar-refractivity contribution < 1.29 is 18.0 Å². The molecule has 1 aromatic heterocycles. The molecule has 2 atom stereocenters. The Hall–Kier alpha value is -2.06. The van der Waals surface area contributed by atoms with Crippen molar-refractivity contribution in [1.29, 1.82) is 0 Å². The first-order valence-corrected chi connectivity index (χ1v) is 8.92. The molecule has 0 radical (unpaired) electrons. The molecule has 1 aromatic carbocycles. The summed E-state index contributed by atoms with van der Waals surface area (Å²) in [5, 5.41) is 3.29. The zero-order chi connectivity index (χ0) is 19.6. The van der Waals surface area contributed by atoms with E-state index >= 15 is 0 Å².